The number of carbonyl (C=O) groups is 1. The summed E-state index contributed by atoms with van der Waals surface area (Å²) in [6, 6.07) is 8.90. The number of fused-ring (bicyclic) bond motifs is 1. The van der Waals surface area contributed by atoms with Crippen molar-refractivity contribution in [1.82, 2.24) is 20.3 Å². The Morgan fingerprint density at radius 1 is 1.12 bits per heavy atom. The number of amides is 1. The van der Waals surface area contributed by atoms with Crippen molar-refractivity contribution in [3.05, 3.63) is 54.2 Å². The first-order chi connectivity index (χ1) is 12.3. The number of pyridine rings is 1. The molecule has 8 heteroatoms. The van der Waals surface area contributed by atoms with E-state index in [1.54, 1.807) is 36.7 Å². The van der Waals surface area contributed by atoms with Crippen molar-refractivity contribution in [3.63, 3.8) is 0 Å². The molecule has 0 spiro atoms. The van der Waals surface area contributed by atoms with E-state index in [0.717, 1.165) is 0 Å². The molecule has 8 nitrogen and oxygen atoms in total. The Bertz CT molecular complexity index is 881. The predicted molar refractivity (Wildman–Crippen MR) is 86.1 cm³/mol. The summed E-state index contributed by atoms with van der Waals surface area (Å²) in [5.74, 6) is 1.01. The van der Waals surface area contributed by atoms with Crippen molar-refractivity contribution < 1.29 is 18.7 Å². The van der Waals surface area contributed by atoms with E-state index in [1.165, 1.54) is 0 Å². The number of hydrogen-bond acceptors (Lipinski definition) is 7. The lowest BCUT2D eigenvalue weighted by atomic mass is 10.2. The molecule has 1 aliphatic rings. The van der Waals surface area contributed by atoms with E-state index in [1.807, 2.05) is 6.07 Å². The molecule has 126 valence electrons. The molecule has 3 aromatic heterocycles. The van der Waals surface area contributed by atoms with Crippen molar-refractivity contribution in [2.75, 3.05) is 13.2 Å². The zero-order chi connectivity index (χ0) is 17.1. The molecule has 1 aliphatic heterocycles. The number of nitrogens with zero attached hydrogens (tertiary/aromatic N) is 3. The largest absolute Gasteiger partial charge is 0.483 e. The van der Waals surface area contributed by atoms with Gasteiger partial charge in [0.25, 0.3) is 11.8 Å². The summed E-state index contributed by atoms with van der Waals surface area (Å²) < 4.78 is 16.3. The van der Waals surface area contributed by atoms with Gasteiger partial charge < -0.3 is 19.2 Å². The quantitative estimate of drug-likeness (QED) is 0.774. The fraction of sp³-hybridized carbons (Fsp3) is 0.176. The zero-order valence-electron chi connectivity index (χ0n) is 13.1. The molecule has 0 saturated heterocycles. The molecule has 1 N–H and O–H groups in total. The first kappa shape index (κ1) is 15.1. The zero-order valence-corrected chi connectivity index (χ0v) is 13.1. The molecule has 25 heavy (non-hydrogen) atoms. The fourth-order valence-corrected chi connectivity index (χ4v) is 2.37. The van der Waals surface area contributed by atoms with Crippen LogP contribution in [-0.4, -0.2) is 34.1 Å². The highest BCUT2D eigenvalue weighted by atomic mass is 16.6. The Labute approximate surface area is 142 Å². The minimum absolute atomic E-state index is 0.108. The molecule has 3 aromatic rings. The standard InChI is InChI=1S/C17H14N4O4/c22-16(19-10-11-4-3-7-23-11)13-14-17(25-9-8-24-14)21-15(20-13)12-5-1-2-6-18-12/h1-7H,8-10H2,(H,19,22). The molecule has 0 unspecified atom stereocenters. The van der Waals surface area contributed by atoms with E-state index in [2.05, 4.69) is 20.3 Å². The normalized spacial score (nSPS) is 12.6. The molecule has 0 fully saturated rings. The third-order valence-electron chi connectivity index (χ3n) is 3.52. The Balaban J connectivity index is 1.68. The van der Waals surface area contributed by atoms with Gasteiger partial charge in [0.1, 0.15) is 24.7 Å². The van der Waals surface area contributed by atoms with E-state index < -0.39 is 5.91 Å². The van der Waals surface area contributed by atoms with Gasteiger partial charge in [-0.15, -0.1) is 0 Å². The summed E-state index contributed by atoms with van der Waals surface area (Å²) in [7, 11) is 0. The van der Waals surface area contributed by atoms with Gasteiger partial charge in [-0.05, 0) is 24.3 Å². The first-order valence-electron chi connectivity index (χ1n) is 7.71. The van der Waals surface area contributed by atoms with Crippen molar-refractivity contribution in [3.8, 4) is 23.1 Å². The Morgan fingerprint density at radius 3 is 2.84 bits per heavy atom. The van der Waals surface area contributed by atoms with Crippen LogP contribution in [0.4, 0.5) is 0 Å². The van der Waals surface area contributed by atoms with Crippen LogP contribution in [0.15, 0.2) is 47.2 Å². The maximum atomic E-state index is 12.6. The summed E-state index contributed by atoms with van der Waals surface area (Å²) in [4.78, 5) is 25.5. The Morgan fingerprint density at radius 2 is 2.04 bits per heavy atom. The van der Waals surface area contributed by atoms with E-state index >= 15 is 0 Å². The fourth-order valence-electron chi connectivity index (χ4n) is 2.37. The number of ether oxygens (including phenoxy) is 2. The SMILES string of the molecule is O=C(NCc1ccco1)c1nc(-c2ccccn2)nc2c1OCCO2. The Kier molecular flexibility index (Phi) is 3.99. The summed E-state index contributed by atoms with van der Waals surface area (Å²) in [5.41, 5.74) is 0.650. The van der Waals surface area contributed by atoms with Crippen LogP contribution < -0.4 is 14.8 Å². The van der Waals surface area contributed by atoms with Crippen LogP contribution in [0.25, 0.3) is 11.5 Å². The summed E-state index contributed by atoms with van der Waals surface area (Å²) in [5, 5.41) is 2.75. The van der Waals surface area contributed by atoms with Crippen LogP contribution in [0.3, 0.4) is 0 Å². The number of furan rings is 1. The van der Waals surface area contributed by atoms with Gasteiger partial charge in [0.05, 0.1) is 12.8 Å². The lowest BCUT2D eigenvalue weighted by Gasteiger charge is -2.19. The maximum absolute atomic E-state index is 12.6. The van der Waals surface area contributed by atoms with Crippen LogP contribution in [0.1, 0.15) is 16.2 Å². The third kappa shape index (κ3) is 3.14. The van der Waals surface area contributed by atoms with Gasteiger partial charge in [-0.2, -0.15) is 4.98 Å². The van der Waals surface area contributed by atoms with Gasteiger partial charge >= 0.3 is 0 Å². The molecule has 0 bridgehead atoms. The van der Waals surface area contributed by atoms with Gasteiger partial charge in [-0.3, -0.25) is 9.78 Å². The van der Waals surface area contributed by atoms with E-state index in [9.17, 15) is 4.79 Å². The smallest absolute Gasteiger partial charge is 0.274 e. The number of carbonyl (C=O) groups excluding carboxylic acids is 1. The van der Waals surface area contributed by atoms with Crippen LogP contribution >= 0.6 is 0 Å². The lowest BCUT2D eigenvalue weighted by Crippen LogP contribution is -2.27. The summed E-state index contributed by atoms with van der Waals surface area (Å²) in [6.45, 7) is 0.932. The molecule has 1 amide bonds. The van der Waals surface area contributed by atoms with Crippen LogP contribution in [0, 0.1) is 0 Å². The number of hydrogen-bond donors (Lipinski definition) is 1. The van der Waals surface area contributed by atoms with E-state index in [4.69, 9.17) is 13.9 Å². The van der Waals surface area contributed by atoms with Crippen molar-refractivity contribution in [2.45, 2.75) is 6.54 Å². The second-order valence-electron chi connectivity index (χ2n) is 5.20. The number of aromatic nitrogens is 3. The Hall–Kier alpha value is -3.42. The molecular formula is C17H14N4O4. The number of rotatable bonds is 4. The molecular weight excluding hydrogens is 324 g/mol. The van der Waals surface area contributed by atoms with Crippen LogP contribution in [0.2, 0.25) is 0 Å². The monoisotopic (exact) mass is 338 g/mol. The van der Waals surface area contributed by atoms with Gasteiger partial charge in [-0.25, -0.2) is 4.98 Å². The molecule has 0 aliphatic carbocycles. The van der Waals surface area contributed by atoms with E-state index in [0.29, 0.717) is 30.5 Å². The van der Waals surface area contributed by atoms with Crippen molar-refractivity contribution >= 4 is 5.91 Å². The third-order valence-corrected chi connectivity index (χ3v) is 3.52. The van der Waals surface area contributed by atoms with Crippen LogP contribution in [0.5, 0.6) is 11.6 Å². The van der Waals surface area contributed by atoms with Gasteiger partial charge in [0.15, 0.2) is 11.5 Å². The highest BCUT2D eigenvalue weighted by molar-refractivity contribution is 5.96. The molecule has 4 heterocycles. The molecule has 0 atom stereocenters. The summed E-state index contributed by atoms with van der Waals surface area (Å²) >= 11 is 0. The van der Waals surface area contributed by atoms with Crippen molar-refractivity contribution in [2.24, 2.45) is 0 Å². The van der Waals surface area contributed by atoms with Gasteiger partial charge in [-0.1, -0.05) is 6.07 Å². The average Bonchev–Trinajstić information content (AvgIpc) is 3.19. The lowest BCUT2D eigenvalue weighted by molar-refractivity contribution is 0.0928. The second-order valence-corrected chi connectivity index (χ2v) is 5.20. The van der Waals surface area contributed by atoms with Gasteiger partial charge in [0.2, 0.25) is 5.75 Å². The summed E-state index contributed by atoms with van der Waals surface area (Å²) in [6.07, 6.45) is 3.18. The van der Waals surface area contributed by atoms with E-state index in [-0.39, 0.29) is 23.9 Å². The van der Waals surface area contributed by atoms with Crippen LogP contribution in [-0.2, 0) is 6.54 Å². The molecule has 4 rings (SSSR count). The first-order valence-corrected chi connectivity index (χ1v) is 7.71. The highest BCUT2D eigenvalue weighted by Gasteiger charge is 2.26. The topological polar surface area (TPSA) is 99.4 Å². The maximum Gasteiger partial charge on any atom is 0.274 e. The minimum Gasteiger partial charge on any atom is -0.483 e. The highest BCUT2D eigenvalue weighted by Crippen LogP contribution is 2.32. The predicted octanol–water partition coefficient (Wildman–Crippen LogP) is 1.83. The molecule has 0 saturated carbocycles. The second kappa shape index (κ2) is 6.60. The average molecular weight is 338 g/mol. The van der Waals surface area contributed by atoms with Crippen molar-refractivity contribution in [1.29, 1.82) is 0 Å². The van der Waals surface area contributed by atoms with Gasteiger partial charge in [0, 0.05) is 6.20 Å². The molecule has 0 aromatic carbocycles. The molecule has 0 radical (unpaired) electrons. The number of nitrogens with one attached hydrogen (secondary N) is 1. The minimum atomic E-state index is -0.405.